The first-order valence-electron chi connectivity index (χ1n) is 6.67. The predicted octanol–water partition coefficient (Wildman–Crippen LogP) is 5.32. The van der Waals surface area contributed by atoms with Crippen LogP contribution < -0.4 is 0 Å². The molecule has 0 fully saturated rings. The Morgan fingerprint density at radius 2 is 1.19 bits per heavy atom. The van der Waals surface area contributed by atoms with Crippen LogP contribution in [0.3, 0.4) is 0 Å². The highest BCUT2D eigenvalue weighted by molar-refractivity contribution is 5.10. The minimum Gasteiger partial charge on any atom is -0.335 e. The summed E-state index contributed by atoms with van der Waals surface area (Å²) in [5, 5.41) is 0. The van der Waals surface area contributed by atoms with E-state index < -0.39 is 48.8 Å². The molecule has 0 aromatic carbocycles. The second-order valence-corrected chi connectivity index (χ2v) is 5.42. The van der Waals surface area contributed by atoms with Gasteiger partial charge in [0.15, 0.2) is 0 Å². The van der Waals surface area contributed by atoms with Crippen LogP contribution in [0.1, 0.15) is 12.2 Å². The van der Waals surface area contributed by atoms with Crippen molar-refractivity contribution >= 4 is 0 Å². The molecule has 0 radical (unpaired) electrons. The van der Waals surface area contributed by atoms with Gasteiger partial charge in [0.25, 0.3) is 0 Å². The zero-order valence-corrected chi connectivity index (χ0v) is 12.9. The van der Waals surface area contributed by atoms with Gasteiger partial charge in [0.05, 0.1) is 0 Å². The topological polar surface area (TPSA) is 17.8 Å². The number of aryl methyl sites for hydroxylation is 2. The summed E-state index contributed by atoms with van der Waals surface area (Å²) in [5.41, 5.74) is 0. The van der Waals surface area contributed by atoms with Crippen LogP contribution in [-0.4, -0.2) is 45.3 Å². The lowest BCUT2D eigenvalue weighted by atomic mass is 9.92. The van der Waals surface area contributed by atoms with E-state index in [0.717, 1.165) is 12.4 Å². The van der Waals surface area contributed by atoms with Crippen LogP contribution in [0.2, 0.25) is 0 Å². The molecule has 0 N–H and O–H groups in total. The number of aromatic nitrogens is 2. The zero-order valence-electron chi connectivity index (χ0n) is 12.9. The van der Waals surface area contributed by atoms with Crippen molar-refractivity contribution in [1.82, 2.24) is 9.55 Å². The Morgan fingerprint density at radius 1 is 0.741 bits per heavy atom. The van der Waals surface area contributed by atoms with Crippen LogP contribution in [-0.2, 0) is 6.54 Å². The third-order valence-corrected chi connectivity index (χ3v) is 3.59. The molecule has 0 spiro atoms. The molecule has 0 aliphatic heterocycles. The molecule has 0 saturated carbocycles. The van der Waals surface area contributed by atoms with Crippen LogP contribution in [0, 0.1) is 6.92 Å². The second kappa shape index (κ2) is 6.43. The SMILES string of the molecule is Cc1nccn1CCC(F)(F)C(F)(F)C(F)(F)C(F)(F)C(F)(F)C(F)(F)F. The molecule has 1 rings (SSSR count). The number of nitrogens with zero attached hydrogens (tertiary/aromatic N) is 2. The lowest BCUT2D eigenvalue weighted by Crippen LogP contribution is -2.70. The van der Waals surface area contributed by atoms with Crippen molar-refractivity contribution in [3.63, 3.8) is 0 Å². The Hall–Kier alpha value is -1.70. The number of hydrogen-bond donors (Lipinski definition) is 0. The maximum Gasteiger partial charge on any atom is 0.460 e. The Bertz CT molecular complexity index is 658. The van der Waals surface area contributed by atoms with Gasteiger partial charge in [0.2, 0.25) is 0 Å². The molecule has 0 saturated heterocycles. The van der Waals surface area contributed by atoms with Crippen LogP contribution in [0.25, 0.3) is 0 Å². The van der Waals surface area contributed by atoms with E-state index in [1.165, 1.54) is 6.92 Å². The molecule has 1 aromatic heterocycles. The van der Waals surface area contributed by atoms with E-state index in [4.69, 9.17) is 0 Å². The Morgan fingerprint density at radius 3 is 1.56 bits per heavy atom. The summed E-state index contributed by atoms with van der Waals surface area (Å²) in [5.74, 6) is -36.7. The summed E-state index contributed by atoms with van der Waals surface area (Å²) in [4.78, 5) is 3.47. The largest absolute Gasteiger partial charge is 0.460 e. The Balaban J connectivity index is 3.26. The highest BCUT2D eigenvalue weighted by atomic mass is 19.4. The lowest BCUT2D eigenvalue weighted by molar-refractivity contribution is -0.440. The maximum atomic E-state index is 13.5. The average molecular weight is 428 g/mol. The minimum absolute atomic E-state index is 0.0742. The van der Waals surface area contributed by atoms with Crippen molar-refractivity contribution in [2.45, 2.75) is 55.7 Å². The number of rotatable bonds is 7. The average Bonchev–Trinajstić information content (AvgIpc) is 2.88. The van der Waals surface area contributed by atoms with Gasteiger partial charge < -0.3 is 4.57 Å². The maximum absolute atomic E-state index is 13.5. The van der Waals surface area contributed by atoms with Crippen molar-refractivity contribution < 1.29 is 57.1 Å². The van der Waals surface area contributed by atoms with Crippen LogP contribution in [0.15, 0.2) is 12.4 Å². The van der Waals surface area contributed by atoms with E-state index >= 15 is 0 Å². The predicted molar refractivity (Wildman–Crippen MR) is 62.4 cm³/mol. The first kappa shape index (κ1) is 23.3. The van der Waals surface area contributed by atoms with E-state index in [2.05, 4.69) is 4.98 Å². The van der Waals surface area contributed by atoms with E-state index in [-0.39, 0.29) is 5.82 Å². The molecule has 0 atom stereocenters. The van der Waals surface area contributed by atoms with Crippen molar-refractivity contribution in [2.75, 3.05) is 0 Å². The van der Waals surface area contributed by atoms with Gasteiger partial charge in [-0.1, -0.05) is 0 Å². The van der Waals surface area contributed by atoms with Gasteiger partial charge in [0.1, 0.15) is 5.82 Å². The third kappa shape index (κ3) is 3.44. The fourth-order valence-corrected chi connectivity index (χ4v) is 1.86. The molecular formula is C12H9F13N2. The van der Waals surface area contributed by atoms with Gasteiger partial charge in [-0.15, -0.1) is 0 Å². The fraction of sp³-hybridized carbons (Fsp3) is 0.750. The molecule has 1 aromatic rings. The number of alkyl halides is 13. The normalized spacial score (nSPS) is 15.3. The molecule has 1 heterocycles. The molecule has 0 aliphatic rings. The van der Waals surface area contributed by atoms with Crippen LogP contribution in [0.5, 0.6) is 0 Å². The monoisotopic (exact) mass is 428 g/mol. The van der Waals surface area contributed by atoms with E-state index in [1.54, 1.807) is 0 Å². The van der Waals surface area contributed by atoms with E-state index in [9.17, 15) is 57.1 Å². The molecule has 0 amide bonds. The summed E-state index contributed by atoms with van der Waals surface area (Å²) >= 11 is 0. The molecule has 0 unspecified atom stereocenters. The number of imidazole rings is 1. The first-order valence-corrected chi connectivity index (χ1v) is 6.67. The van der Waals surface area contributed by atoms with E-state index in [1.807, 2.05) is 0 Å². The first-order chi connectivity index (χ1) is 11.7. The molecule has 15 heteroatoms. The van der Waals surface area contributed by atoms with E-state index in [0.29, 0.717) is 4.57 Å². The van der Waals surface area contributed by atoms with Crippen LogP contribution >= 0.6 is 0 Å². The summed E-state index contributed by atoms with van der Waals surface area (Å²) in [7, 11) is 0. The van der Waals surface area contributed by atoms with Gasteiger partial charge in [-0.25, -0.2) is 4.98 Å². The molecule has 0 bridgehead atoms. The minimum atomic E-state index is -7.86. The molecule has 27 heavy (non-hydrogen) atoms. The smallest absolute Gasteiger partial charge is 0.335 e. The number of hydrogen-bond acceptors (Lipinski definition) is 1. The molecule has 0 aliphatic carbocycles. The number of halogens is 13. The highest BCUT2D eigenvalue weighted by Gasteiger charge is 2.90. The molecular weight excluding hydrogens is 419 g/mol. The second-order valence-electron chi connectivity index (χ2n) is 5.42. The quantitative estimate of drug-likeness (QED) is 0.538. The summed E-state index contributed by atoms with van der Waals surface area (Å²) in [6.45, 7) is -0.0192. The fourth-order valence-electron chi connectivity index (χ4n) is 1.86. The highest BCUT2D eigenvalue weighted by Crippen LogP contribution is 2.60. The van der Waals surface area contributed by atoms with Crippen molar-refractivity contribution in [3.8, 4) is 0 Å². The summed E-state index contributed by atoms with van der Waals surface area (Å²) < 4.78 is 168. The standard InChI is InChI=1S/C12H9F13N2/c1-6-26-3-5-27(6)4-2-7(13,14)8(15,16)9(17,18)10(19,20)11(21,22)12(23,24)25/h3,5H,2,4H2,1H3. The van der Waals surface area contributed by atoms with Gasteiger partial charge in [0, 0.05) is 25.4 Å². The van der Waals surface area contributed by atoms with Gasteiger partial charge in [-0.3, -0.25) is 0 Å². The van der Waals surface area contributed by atoms with Crippen molar-refractivity contribution in [1.29, 1.82) is 0 Å². The Labute approximate surface area is 142 Å². The summed E-state index contributed by atoms with van der Waals surface area (Å²) in [6.07, 6.45) is -7.77. The summed E-state index contributed by atoms with van der Waals surface area (Å²) in [6, 6.07) is 0. The van der Waals surface area contributed by atoms with Gasteiger partial charge >= 0.3 is 35.8 Å². The van der Waals surface area contributed by atoms with Gasteiger partial charge in [-0.2, -0.15) is 57.1 Å². The van der Waals surface area contributed by atoms with Gasteiger partial charge in [-0.05, 0) is 6.92 Å². The molecule has 2 nitrogen and oxygen atoms in total. The Kier molecular flexibility index (Phi) is 5.56. The van der Waals surface area contributed by atoms with Crippen LogP contribution in [0.4, 0.5) is 57.1 Å². The molecule has 158 valence electrons. The van der Waals surface area contributed by atoms with Crippen molar-refractivity contribution in [2.24, 2.45) is 0 Å². The zero-order chi connectivity index (χ0) is 21.7. The lowest BCUT2D eigenvalue weighted by Gasteiger charge is -2.39. The van der Waals surface area contributed by atoms with Crippen molar-refractivity contribution in [3.05, 3.63) is 18.2 Å². The third-order valence-electron chi connectivity index (χ3n) is 3.59.